The van der Waals surface area contributed by atoms with Gasteiger partial charge in [-0.3, -0.25) is 4.90 Å². The fourth-order valence-electron chi connectivity index (χ4n) is 5.25. The highest BCUT2D eigenvalue weighted by Crippen LogP contribution is 2.52. The molecular formula is C26H27N3O3. The van der Waals surface area contributed by atoms with E-state index in [4.69, 9.17) is 19.0 Å². The van der Waals surface area contributed by atoms with Crippen LogP contribution in [0.4, 0.5) is 0 Å². The molecule has 0 bridgehead atoms. The zero-order valence-electron chi connectivity index (χ0n) is 18.2. The number of rotatable bonds is 4. The number of nitrogens with zero attached hydrogens (tertiary/aromatic N) is 3. The van der Waals surface area contributed by atoms with Crippen molar-refractivity contribution in [3.63, 3.8) is 0 Å². The number of benzene rings is 2. The Morgan fingerprint density at radius 1 is 1.03 bits per heavy atom. The van der Waals surface area contributed by atoms with Gasteiger partial charge in [0.1, 0.15) is 11.5 Å². The Hall–Kier alpha value is -3.25. The Labute approximate surface area is 188 Å². The minimum atomic E-state index is -0.478. The van der Waals surface area contributed by atoms with Crippen molar-refractivity contribution in [2.75, 3.05) is 20.2 Å². The molecule has 0 saturated carbocycles. The van der Waals surface area contributed by atoms with Crippen LogP contribution in [0.15, 0.2) is 76.4 Å². The van der Waals surface area contributed by atoms with Crippen LogP contribution in [0.3, 0.4) is 0 Å². The molecule has 1 aromatic heterocycles. The molecule has 6 rings (SSSR count). The van der Waals surface area contributed by atoms with E-state index < -0.39 is 5.72 Å². The van der Waals surface area contributed by atoms with E-state index in [0.717, 1.165) is 67.4 Å². The maximum Gasteiger partial charge on any atom is 0.200 e. The zero-order chi connectivity index (χ0) is 21.5. The number of likely N-dealkylation sites (tertiary alicyclic amines) is 1. The van der Waals surface area contributed by atoms with Gasteiger partial charge in [0, 0.05) is 44.5 Å². The third kappa shape index (κ3) is 3.17. The second kappa shape index (κ2) is 7.71. The van der Waals surface area contributed by atoms with Crippen LogP contribution in [0.1, 0.15) is 42.2 Å². The van der Waals surface area contributed by atoms with Crippen molar-refractivity contribution in [2.45, 2.75) is 37.6 Å². The second-order valence-corrected chi connectivity index (χ2v) is 8.78. The van der Waals surface area contributed by atoms with Crippen LogP contribution in [0, 0.1) is 0 Å². The molecule has 2 aromatic carbocycles. The lowest BCUT2D eigenvalue weighted by atomic mass is 9.91. The number of piperidine rings is 1. The van der Waals surface area contributed by atoms with Crippen molar-refractivity contribution in [3.05, 3.63) is 83.8 Å². The Morgan fingerprint density at radius 3 is 2.62 bits per heavy atom. The van der Waals surface area contributed by atoms with Gasteiger partial charge in [0.05, 0.1) is 19.4 Å². The van der Waals surface area contributed by atoms with Crippen molar-refractivity contribution in [1.29, 1.82) is 0 Å². The number of hydrazone groups is 1. The average molecular weight is 430 g/mol. The molecule has 1 spiro atoms. The fourth-order valence-corrected chi connectivity index (χ4v) is 5.25. The Balaban J connectivity index is 1.32. The molecule has 32 heavy (non-hydrogen) atoms. The summed E-state index contributed by atoms with van der Waals surface area (Å²) < 4.78 is 18.2. The molecule has 3 aromatic rings. The molecule has 0 unspecified atom stereocenters. The van der Waals surface area contributed by atoms with Crippen LogP contribution in [0.2, 0.25) is 0 Å². The van der Waals surface area contributed by atoms with Gasteiger partial charge in [-0.1, -0.05) is 42.5 Å². The predicted octanol–water partition coefficient (Wildman–Crippen LogP) is 4.82. The molecule has 3 aliphatic heterocycles. The summed E-state index contributed by atoms with van der Waals surface area (Å²) in [5.74, 6) is 2.49. The summed E-state index contributed by atoms with van der Waals surface area (Å²) in [4.78, 5) is 2.50. The Morgan fingerprint density at radius 2 is 1.88 bits per heavy atom. The summed E-state index contributed by atoms with van der Waals surface area (Å²) in [6, 6.07) is 20.8. The number of furan rings is 1. The molecule has 6 nitrogen and oxygen atoms in total. The summed E-state index contributed by atoms with van der Waals surface area (Å²) in [6.07, 6.45) is 4.26. The minimum absolute atomic E-state index is 0.120. The summed E-state index contributed by atoms with van der Waals surface area (Å²) in [6.45, 7) is 2.86. The maximum absolute atomic E-state index is 6.80. The van der Waals surface area contributed by atoms with Gasteiger partial charge >= 0.3 is 0 Å². The van der Waals surface area contributed by atoms with Gasteiger partial charge in [-0.05, 0) is 23.8 Å². The van der Waals surface area contributed by atoms with Crippen molar-refractivity contribution < 1.29 is 13.9 Å². The SMILES string of the molecule is COc1cccc2c1OC1(CCN(Cc3ccccc3)CC1)N1N=C(c3ccco3)C[C@@H]21. The monoisotopic (exact) mass is 429 g/mol. The van der Waals surface area contributed by atoms with Crippen LogP contribution in [0.5, 0.6) is 11.5 Å². The molecule has 1 atom stereocenters. The molecule has 0 amide bonds. The van der Waals surface area contributed by atoms with E-state index >= 15 is 0 Å². The fraction of sp³-hybridized carbons (Fsp3) is 0.346. The smallest absolute Gasteiger partial charge is 0.200 e. The number of hydrogen-bond donors (Lipinski definition) is 0. The standard InChI is InChI=1S/C26H27N3O3/c1-30-24-10-5-9-20-22-17-21(23-11-6-16-31-23)27-29(22)26(32-25(20)24)12-14-28(15-13-26)18-19-7-3-2-4-8-19/h2-11,16,22H,12-15,17-18H2,1H3/t22-/m0/s1. The van der Waals surface area contributed by atoms with Gasteiger partial charge in [-0.2, -0.15) is 5.10 Å². The second-order valence-electron chi connectivity index (χ2n) is 8.78. The number of ether oxygens (including phenoxy) is 2. The first-order chi connectivity index (χ1) is 15.8. The number of methoxy groups -OCH3 is 1. The summed E-state index contributed by atoms with van der Waals surface area (Å²) >= 11 is 0. The van der Waals surface area contributed by atoms with E-state index in [1.54, 1.807) is 13.4 Å². The van der Waals surface area contributed by atoms with Gasteiger partial charge in [-0.25, -0.2) is 5.01 Å². The zero-order valence-corrected chi connectivity index (χ0v) is 18.2. The lowest BCUT2D eigenvalue weighted by Crippen LogP contribution is -2.59. The van der Waals surface area contributed by atoms with Crippen molar-refractivity contribution in [2.24, 2.45) is 5.10 Å². The summed E-state index contributed by atoms with van der Waals surface area (Å²) in [7, 11) is 1.71. The molecule has 164 valence electrons. The molecule has 1 saturated heterocycles. The average Bonchev–Trinajstić information content (AvgIpc) is 3.52. The lowest BCUT2D eigenvalue weighted by Gasteiger charge is -2.51. The van der Waals surface area contributed by atoms with Gasteiger partial charge in [0.25, 0.3) is 0 Å². The molecule has 0 aliphatic carbocycles. The number of fused-ring (bicyclic) bond motifs is 4. The van der Waals surface area contributed by atoms with Gasteiger partial charge < -0.3 is 13.9 Å². The van der Waals surface area contributed by atoms with E-state index in [-0.39, 0.29) is 6.04 Å². The van der Waals surface area contributed by atoms with Crippen molar-refractivity contribution in [1.82, 2.24) is 9.91 Å². The summed E-state index contributed by atoms with van der Waals surface area (Å²) in [5.41, 5.74) is 2.97. The molecule has 1 fully saturated rings. The maximum atomic E-state index is 6.80. The van der Waals surface area contributed by atoms with Crippen LogP contribution in [-0.2, 0) is 6.54 Å². The van der Waals surface area contributed by atoms with Gasteiger partial charge in [0.2, 0.25) is 5.72 Å². The summed E-state index contributed by atoms with van der Waals surface area (Å²) in [5, 5.41) is 7.28. The van der Waals surface area contributed by atoms with Gasteiger partial charge in [0.15, 0.2) is 11.5 Å². The lowest BCUT2D eigenvalue weighted by molar-refractivity contribution is -0.151. The highest BCUT2D eigenvalue weighted by molar-refractivity contribution is 5.99. The minimum Gasteiger partial charge on any atom is -0.493 e. The van der Waals surface area contributed by atoms with E-state index in [9.17, 15) is 0 Å². The third-order valence-corrected chi connectivity index (χ3v) is 6.90. The molecule has 0 N–H and O–H groups in total. The van der Waals surface area contributed by atoms with Crippen molar-refractivity contribution in [3.8, 4) is 11.5 Å². The number of para-hydroxylation sites is 1. The van der Waals surface area contributed by atoms with E-state index in [0.29, 0.717) is 0 Å². The first kappa shape index (κ1) is 19.4. The van der Waals surface area contributed by atoms with Gasteiger partial charge in [-0.15, -0.1) is 0 Å². The Kier molecular flexibility index (Phi) is 4.68. The topological polar surface area (TPSA) is 50.4 Å². The van der Waals surface area contributed by atoms with Crippen molar-refractivity contribution >= 4 is 5.71 Å². The quantitative estimate of drug-likeness (QED) is 0.595. The highest BCUT2D eigenvalue weighted by Gasteiger charge is 2.52. The molecular weight excluding hydrogens is 402 g/mol. The van der Waals surface area contributed by atoms with Crippen LogP contribution >= 0.6 is 0 Å². The first-order valence-electron chi connectivity index (χ1n) is 11.3. The van der Waals surface area contributed by atoms with E-state index in [2.05, 4.69) is 46.3 Å². The normalized spacial score (nSPS) is 21.6. The van der Waals surface area contributed by atoms with Crippen LogP contribution < -0.4 is 9.47 Å². The van der Waals surface area contributed by atoms with E-state index in [1.807, 2.05) is 24.3 Å². The molecule has 0 radical (unpaired) electrons. The van der Waals surface area contributed by atoms with E-state index in [1.165, 1.54) is 5.56 Å². The van der Waals surface area contributed by atoms with Crippen LogP contribution in [-0.4, -0.2) is 41.5 Å². The first-order valence-corrected chi connectivity index (χ1v) is 11.3. The highest BCUT2D eigenvalue weighted by atomic mass is 16.5. The number of hydrogen-bond acceptors (Lipinski definition) is 6. The molecule has 3 aliphatic rings. The molecule has 4 heterocycles. The predicted molar refractivity (Wildman–Crippen MR) is 122 cm³/mol. The third-order valence-electron chi connectivity index (χ3n) is 6.90. The van der Waals surface area contributed by atoms with Crippen LogP contribution in [0.25, 0.3) is 0 Å². The largest absolute Gasteiger partial charge is 0.493 e. The Bertz CT molecular complexity index is 1120. The molecule has 6 heteroatoms.